The molecule has 1 aromatic carbocycles. The molecule has 1 aliphatic heterocycles. The van der Waals surface area contributed by atoms with Gasteiger partial charge in [0.2, 0.25) is 0 Å². The molecular formula is C9H10N2O2. The number of phenols is 1. The quantitative estimate of drug-likeness (QED) is 0.707. The van der Waals surface area contributed by atoms with Crippen molar-refractivity contribution in [2.75, 3.05) is 7.11 Å². The molecule has 1 aliphatic rings. The van der Waals surface area contributed by atoms with Gasteiger partial charge in [0.15, 0.2) is 0 Å². The predicted octanol–water partition coefficient (Wildman–Crippen LogP) is 1.43. The van der Waals surface area contributed by atoms with Gasteiger partial charge in [-0.15, -0.1) is 0 Å². The molecule has 0 aliphatic carbocycles. The molecule has 68 valence electrons. The third-order valence-electron chi connectivity index (χ3n) is 1.96. The summed E-state index contributed by atoms with van der Waals surface area (Å²) in [5.41, 5.74) is 1.84. The number of hydroxylamine groups is 2. The van der Waals surface area contributed by atoms with Gasteiger partial charge >= 0.3 is 0 Å². The Bertz CT molecular complexity index is 349. The molecule has 0 saturated carbocycles. The Morgan fingerprint density at radius 1 is 1.54 bits per heavy atom. The fraction of sp³-hybridized carbons (Fsp3) is 0.222. The largest absolute Gasteiger partial charge is 0.508 e. The van der Waals surface area contributed by atoms with Crippen LogP contribution in [0.25, 0.3) is 0 Å². The van der Waals surface area contributed by atoms with E-state index >= 15 is 0 Å². The second-order valence-electron chi connectivity index (χ2n) is 2.82. The summed E-state index contributed by atoms with van der Waals surface area (Å²) in [4.78, 5) is 9.12. The molecule has 0 radical (unpaired) electrons. The summed E-state index contributed by atoms with van der Waals surface area (Å²) >= 11 is 0. The lowest BCUT2D eigenvalue weighted by molar-refractivity contribution is -0.0678. The zero-order valence-corrected chi connectivity index (χ0v) is 7.27. The number of aromatic hydroxyl groups is 1. The van der Waals surface area contributed by atoms with Gasteiger partial charge in [0.1, 0.15) is 12.1 Å². The SMILES string of the molecule is CON1C=Nc2cc(O)ccc2C1. The minimum Gasteiger partial charge on any atom is -0.508 e. The maximum Gasteiger partial charge on any atom is 0.117 e. The van der Waals surface area contributed by atoms with Gasteiger partial charge in [0.05, 0.1) is 19.3 Å². The Kier molecular flexibility index (Phi) is 1.90. The first-order valence-electron chi connectivity index (χ1n) is 3.96. The van der Waals surface area contributed by atoms with E-state index in [1.54, 1.807) is 30.6 Å². The molecule has 0 amide bonds. The van der Waals surface area contributed by atoms with Crippen molar-refractivity contribution in [3.63, 3.8) is 0 Å². The molecule has 1 heterocycles. The van der Waals surface area contributed by atoms with Crippen LogP contribution in [0.1, 0.15) is 5.56 Å². The Morgan fingerprint density at radius 3 is 3.15 bits per heavy atom. The van der Waals surface area contributed by atoms with Crippen molar-refractivity contribution >= 4 is 12.0 Å². The van der Waals surface area contributed by atoms with Crippen molar-refractivity contribution in [1.29, 1.82) is 0 Å². The van der Waals surface area contributed by atoms with E-state index in [4.69, 9.17) is 4.84 Å². The molecule has 0 atom stereocenters. The van der Waals surface area contributed by atoms with Crippen LogP contribution in [0, 0.1) is 0 Å². The molecule has 0 spiro atoms. The van der Waals surface area contributed by atoms with E-state index in [0.29, 0.717) is 6.54 Å². The molecule has 4 heteroatoms. The second kappa shape index (κ2) is 3.06. The number of nitrogens with zero attached hydrogens (tertiary/aromatic N) is 2. The number of phenolic OH excluding ortho intramolecular Hbond substituents is 1. The minimum absolute atomic E-state index is 0.238. The molecule has 4 nitrogen and oxygen atoms in total. The number of rotatable bonds is 1. The zero-order valence-electron chi connectivity index (χ0n) is 7.27. The van der Waals surface area contributed by atoms with Gasteiger partial charge in [-0.1, -0.05) is 6.07 Å². The van der Waals surface area contributed by atoms with E-state index in [9.17, 15) is 5.11 Å². The maximum atomic E-state index is 9.19. The van der Waals surface area contributed by atoms with Crippen molar-refractivity contribution in [2.45, 2.75) is 6.54 Å². The summed E-state index contributed by atoms with van der Waals surface area (Å²) in [7, 11) is 1.59. The first-order chi connectivity index (χ1) is 6.29. The molecular weight excluding hydrogens is 168 g/mol. The lowest BCUT2D eigenvalue weighted by Gasteiger charge is -2.21. The van der Waals surface area contributed by atoms with Crippen LogP contribution < -0.4 is 0 Å². The molecule has 0 fully saturated rings. The van der Waals surface area contributed by atoms with Crippen LogP contribution in [0.15, 0.2) is 23.2 Å². The summed E-state index contributed by atoms with van der Waals surface area (Å²) in [5.74, 6) is 0.238. The number of fused-ring (bicyclic) bond motifs is 1. The van der Waals surface area contributed by atoms with Gasteiger partial charge in [0, 0.05) is 11.6 Å². The Labute approximate surface area is 76.0 Å². The molecule has 0 aromatic heterocycles. The molecule has 2 rings (SSSR count). The number of hydrogen-bond acceptors (Lipinski definition) is 4. The van der Waals surface area contributed by atoms with Gasteiger partial charge in [-0.05, 0) is 6.07 Å². The second-order valence-corrected chi connectivity index (χ2v) is 2.82. The van der Waals surface area contributed by atoms with Crippen LogP contribution in [0.2, 0.25) is 0 Å². The summed E-state index contributed by atoms with van der Waals surface area (Å²) < 4.78 is 0. The molecule has 1 aromatic rings. The average Bonchev–Trinajstić information content (AvgIpc) is 2.17. The first-order valence-corrected chi connectivity index (χ1v) is 3.96. The highest BCUT2D eigenvalue weighted by Gasteiger charge is 2.11. The third-order valence-corrected chi connectivity index (χ3v) is 1.96. The van der Waals surface area contributed by atoms with Gasteiger partial charge in [-0.2, -0.15) is 0 Å². The fourth-order valence-electron chi connectivity index (χ4n) is 1.25. The minimum atomic E-state index is 0.238. The van der Waals surface area contributed by atoms with E-state index in [-0.39, 0.29) is 5.75 Å². The van der Waals surface area contributed by atoms with Crippen LogP contribution >= 0.6 is 0 Å². The molecule has 0 saturated heterocycles. The van der Waals surface area contributed by atoms with Gasteiger partial charge in [0.25, 0.3) is 0 Å². The highest BCUT2D eigenvalue weighted by molar-refractivity contribution is 5.66. The van der Waals surface area contributed by atoms with E-state index < -0.39 is 0 Å². The van der Waals surface area contributed by atoms with Crippen LogP contribution in [0.3, 0.4) is 0 Å². The predicted molar refractivity (Wildman–Crippen MR) is 48.8 cm³/mol. The fourth-order valence-corrected chi connectivity index (χ4v) is 1.25. The van der Waals surface area contributed by atoms with Gasteiger partial charge < -0.3 is 5.11 Å². The summed E-state index contributed by atoms with van der Waals surface area (Å²) in [6, 6.07) is 5.12. The number of hydrogen-bond donors (Lipinski definition) is 1. The van der Waals surface area contributed by atoms with E-state index in [1.165, 1.54) is 0 Å². The van der Waals surface area contributed by atoms with Gasteiger partial charge in [-0.3, -0.25) is 4.84 Å². The van der Waals surface area contributed by atoms with Crippen molar-refractivity contribution in [3.8, 4) is 5.75 Å². The number of benzene rings is 1. The molecule has 0 bridgehead atoms. The van der Waals surface area contributed by atoms with Crippen molar-refractivity contribution in [1.82, 2.24) is 5.06 Å². The Balaban J connectivity index is 2.35. The lowest BCUT2D eigenvalue weighted by Crippen LogP contribution is -2.22. The van der Waals surface area contributed by atoms with E-state index in [1.807, 2.05) is 6.07 Å². The average molecular weight is 178 g/mol. The standard InChI is InChI=1S/C9H10N2O2/c1-13-11-5-7-2-3-8(12)4-9(7)10-6-11/h2-4,6,12H,5H2,1H3. The Hall–Kier alpha value is -1.55. The summed E-state index contributed by atoms with van der Waals surface area (Å²) in [6.07, 6.45) is 1.60. The monoisotopic (exact) mass is 178 g/mol. The molecule has 1 N–H and O–H groups in total. The summed E-state index contributed by atoms with van der Waals surface area (Å²) in [5, 5.41) is 10.8. The Morgan fingerprint density at radius 2 is 2.38 bits per heavy atom. The van der Waals surface area contributed by atoms with Gasteiger partial charge in [-0.25, -0.2) is 10.1 Å². The van der Waals surface area contributed by atoms with Crippen LogP contribution in [0.4, 0.5) is 5.69 Å². The van der Waals surface area contributed by atoms with E-state index in [2.05, 4.69) is 4.99 Å². The molecule has 0 unspecified atom stereocenters. The van der Waals surface area contributed by atoms with Crippen LogP contribution in [-0.4, -0.2) is 23.6 Å². The zero-order chi connectivity index (χ0) is 9.26. The smallest absolute Gasteiger partial charge is 0.117 e. The van der Waals surface area contributed by atoms with E-state index in [0.717, 1.165) is 11.3 Å². The van der Waals surface area contributed by atoms with Crippen molar-refractivity contribution < 1.29 is 9.94 Å². The topological polar surface area (TPSA) is 45.1 Å². The number of aliphatic imine (C=N–C) groups is 1. The van der Waals surface area contributed by atoms with Crippen LogP contribution in [0.5, 0.6) is 5.75 Å². The highest BCUT2D eigenvalue weighted by atomic mass is 16.7. The van der Waals surface area contributed by atoms with Crippen molar-refractivity contribution in [3.05, 3.63) is 23.8 Å². The lowest BCUT2D eigenvalue weighted by atomic mass is 10.1. The maximum absolute atomic E-state index is 9.19. The van der Waals surface area contributed by atoms with Crippen LogP contribution in [-0.2, 0) is 11.4 Å². The summed E-state index contributed by atoms with van der Waals surface area (Å²) in [6.45, 7) is 0.662. The normalized spacial score (nSPS) is 14.4. The van der Waals surface area contributed by atoms with Crippen molar-refractivity contribution in [2.24, 2.45) is 4.99 Å². The highest BCUT2D eigenvalue weighted by Crippen LogP contribution is 2.27. The third kappa shape index (κ3) is 1.48. The molecule has 13 heavy (non-hydrogen) atoms. The first kappa shape index (κ1) is 8.07.